The molecule has 0 unspecified atom stereocenters. The fourth-order valence-corrected chi connectivity index (χ4v) is 3.91. The summed E-state index contributed by atoms with van der Waals surface area (Å²) in [6, 6.07) is 4.81. The van der Waals surface area contributed by atoms with Gasteiger partial charge in [0.2, 0.25) is 10.0 Å². The maximum absolute atomic E-state index is 12.9. The Kier molecular flexibility index (Phi) is 4.90. The Labute approximate surface area is 122 Å². The first kappa shape index (κ1) is 16.3. The molecule has 1 saturated heterocycles. The van der Waals surface area contributed by atoms with Crippen molar-refractivity contribution < 1.29 is 21.6 Å². The van der Waals surface area contributed by atoms with Crippen LogP contribution in [0.5, 0.6) is 0 Å². The molecule has 8 heteroatoms. The van der Waals surface area contributed by atoms with Crippen molar-refractivity contribution in [3.8, 4) is 0 Å². The molecule has 0 radical (unpaired) electrons. The van der Waals surface area contributed by atoms with Gasteiger partial charge in [-0.1, -0.05) is 18.2 Å². The third-order valence-corrected chi connectivity index (χ3v) is 5.18. The van der Waals surface area contributed by atoms with Gasteiger partial charge >= 0.3 is 6.18 Å². The zero-order chi connectivity index (χ0) is 15.5. The van der Waals surface area contributed by atoms with E-state index in [2.05, 4.69) is 5.32 Å². The van der Waals surface area contributed by atoms with E-state index in [4.69, 9.17) is 0 Å². The molecule has 1 aliphatic rings. The average molecular weight is 322 g/mol. The van der Waals surface area contributed by atoms with Gasteiger partial charge in [0.1, 0.15) is 0 Å². The normalized spacial score (nSPS) is 18.4. The van der Waals surface area contributed by atoms with Crippen LogP contribution in [0, 0.1) is 0 Å². The highest BCUT2D eigenvalue weighted by atomic mass is 32.2. The van der Waals surface area contributed by atoms with Gasteiger partial charge in [-0.2, -0.15) is 13.2 Å². The van der Waals surface area contributed by atoms with Crippen molar-refractivity contribution >= 4 is 10.0 Å². The van der Waals surface area contributed by atoms with E-state index in [1.54, 1.807) is 0 Å². The minimum absolute atomic E-state index is 0.206. The minimum atomic E-state index is -4.55. The second-order valence-corrected chi connectivity index (χ2v) is 6.88. The highest BCUT2D eigenvalue weighted by Gasteiger charge is 2.35. The van der Waals surface area contributed by atoms with Gasteiger partial charge in [-0.15, -0.1) is 0 Å². The predicted molar refractivity (Wildman–Crippen MR) is 73.1 cm³/mol. The van der Waals surface area contributed by atoms with Gasteiger partial charge in [0, 0.05) is 19.6 Å². The number of hydrogen-bond acceptors (Lipinski definition) is 3. The van der Waals surface area contributed by atoms with Gasteiger partial charge in [0.15, 0.2) is 0 Å². The maximum atomic E-state index is 12.9. The second-order valence-electron chi connectivity index (χ2n) is 4.91. The lowest BCUT2D eigenvalue weighted by molar-refractivity contribution is -0.138. The summed E-state index contributed by atoms with van der Waals surface area (Å²) in [6.45, 7) is 1.85. The highest BCUT2D eigenvalue weighted by Crippen LogP contribution is 2.32. The Morgan fingerprint density at radius 2 is 1.86 bits per heavy atom. The van der Waals surface area contributed by atoms with E-state index in [9.17, 15) is 21.6 Å². The van der Waals surface area contributed by atoms with Gasteiger partial charge in [-0.25, -0.2) is 12.7 Å². The first-order valence-corrected chi connectivity index (χ1v) is 8.25. The maximum Gasteiger partial charge on any atom is 0.416 e. The third-order valence-electron chi connectivity index (χ3n) is 3.35. The fourth-order valence-electron chi connectivity index (χ4n) is 2.31. The molecule has 0 atom stereocenters. The molecule has 4 nitrogen and oxygen atoms in total. The Hall–Kier alpha value is -1.12. The van der Waals surface area contributed by atoms with E-state index in [-0.39, 0.29) is 12.1 Å². The molecular weight excluding hydrogens is 305 g/mol. The summed E-state index contributed by atoms with van der Waals surface area (Å²) < 4.78 is 64.6. The predicted octanol–water partition coefficient (Wildman–Crippen LogP) is 1.83. The van der Waals surface area contributed by atoms with Crippen molar-refractivity contribution in [2.75, 3.05) is 26.2 Å². The summed E-state index contributed by atoms with van der Waals surface area (Å²) in [6.07, 6.45) is -3.90. The molecule has 0 bridgehead atoms. The van der Waals surface area contributed by atoms with E-state index < -0.39 is 27.5 Å². The molecule has 21 heavy (non-hydrogen) atoms. The molecule has 1 N–H and O–H groups in total. The SMILES string of the molecule is O=S(=O)(Cc1ccccc1C(F)(F)F)N1CCCNCC1. The van der Waals surface area contributed by atoms with E-state index in [1.807, 2.05) is 0 Å². The Morgan fingerprint density at radius 3 is 2.57 bits per heavy atom. The first-order chi connectivity index (χ1) is 9.81. The highest BCUT2D eigenvalue weighted by molar-refractivity contribution is 7.88. The molecule has 118 valence electrons. The molecule has 0 aromatic heterocycles. The van der Waals surface area contributed by atoms with Gasteiger partial charge in [-0.3, -0.25) is 0 Å². The molecule has 1 heterocycles. The van der Waals surface area contributed by atoms with E-state index in [0.29, 0.717) is 26.1 Å². The zero-order valence-corrected chi connectivity index (χ0v) is 12.2. The largest absolute Gasteiger partial charge is 0.416 e. The monoisotopic (exact) mass is 322 g/mol. The lowest BCUT2D eigenvalue weighted by Gasteiger charge is -2.21. The van der Waals surface area contributed by atoms with Crippen LogP contribution in [-0.2, 0) is 22.0 Å². The number of rotatable bonds is 3. The number of benzene rings is 1. The molecule has 2 rings (SSSR count). The Bertz CT molecular complexity index is 579. The lowest BCUT2D eigenvalue weighted by Crippen LogP contribution is -2.35. The molecular formula is C13H17F3N2O2S. The van der Waals surface area contributed by atoms with Crippen molar-refractivity contribution in [3.05, 3.63) is 35.4 Å². The van der Waals surface area contributed by atoms with E-state index in [0.717, 1.165) is 6.07 Å². The number of alkyl halides is 3. The van der Waals surface area contributed by atoms with Crippen LogP contribution < -0.4 is 5.32 Å². The van der Waals surface area contributed by atoms with E-state index in [1.165, 1.54) is 22.5 Å². The van der Waals surface area contributed by atoms with Crippen LogP contribution in [0.2, 0.25) is 0 Å². The first-order valence-electron chi connectivity index (χ1n) is 6.64. The van der Waals surface area contributed by atoms with Crippen LogP contribution in [-0.4, -0.2) is 38.9 Å². The molecule has 1 fully saturated rings. The van der Waals surface area contributed by atoms with Crippen LogP contribution in [0.15, 0.2) is 24.3 Å². The van der Waals surface area contributed by atoms with Crippen LogP contribution >= 0.6 is 0 Å². The summed E-state index contributed by atoms with van der Waals surface area (Å²) in [7, 11) is -3.75. The fraction of sp³-hybridized carbons (Fsp3) is 0.538. The second kappa shape index (κ2) is 6.33. The summed E-state index contributed by atoms with van der Waals surface area (Å²) in [5, 5.41) is 3.06. The number of nitrogens with zero attached hydrogens (tertiary/aromatic N) is 1. The summed E-state index contributed by atoms with van der Waals surface area (Å²) in [5.41, 5.74) is -1.09. The standard InChI is InChI=1S/C13H17F3N2O2S/c14-13(15,16)12-5-2-1-4-11(12)10-21(19,20)18-8-3-6-17-7-9-18/h1-2,4-5,17H,3,6-10H2. The Morgan fingerprint density at radius 1 is 1.14 bits per heavy atom. The smallest absolute Gasteiger partial charge is 0.315 e. The van der Waals surface area contributed by atoms with Crippen LogP contribution in [0.3, 0.4) is 0 Å². The number of nitrogens with one attached hydrogen (secondary N) is 1. The molecule has 0 spiro atoms. The molecule has 0 aliphatic carbocycles. The van der Waals surface area contributed by atoms with Crippen LogP contribution in [0.4, 0.5) is 13.2 Å². The van der Waals surface area contributed by atoms with Crippen molar-refractivity contribution in [3.63, 3.8) is 0 Å². The van der Waals surface area contributed by atoms with Gasteiger partial charge in [0.25, 0.3) is 0 Å². The summed E-state index contributed by atoms with van der Waals surface area (Å²) >= 11 is 0. The van der Waals surface area contributed by atoms with Gasteiger partial charge < -0.3 is 5.32 Å². The van der Waals surface area contributed by atoms with Gasteiger partial charge in [0.05, 0.1) is 11.3 Å². The van der Waals surface area contributed by atoms with Crippen molar-refractivity contribution in [1.29, 1.82) is 0 Å². The topological polar surface area (TPSA) is 49.4 Å². The van der Waals surface area contributed by atoms with Crippen LogP contribution in [0.25, 0.3) is 0 Å². The van der Waals surface area contributed by atoms with Crippen molar-refractivity contribution in [1.82, 2.24) is 9.62 Å². The number of halogens is 3. The number of hydrogen-bond donors (Lipinski definition) is 1. The zero-order valence-electron chi connectivity index (χ0n) is 11.4. The summed E-state index contributed by atoms with van der Waals surface area (Å²) in [4.78, 5) is 0. The average Bonchev–Trinajstić information content (AvgIpc) is 2.67. The lowest BCUT2D eigenvalue weighted by atomic mass is 10.1. The molecule has 0 amide bonds. The molecule has 1 aliphatic heterocycles. The van der Waals surface area contributed by atoms with Crippen LogP contribution in [0.1, 0.15) is 17.5 Å². The number of sulfonamides is 1. The summed E-state index contributed by atoms with van der Waals surface area (Å²) in [5.74, 6) is -0.622. The van der Waals surface area contributed by atoms with E-state index >= 15 is 0 Å². The molecule has 1 aromatic carbocycles. The van der Waals surface area contributed by atoms with Crippen molar-refractivity contribution in [2.45, 2.75) is 18.3 Å². The molecule has 0 saturated carbocycles. The van der Waals surface area contributed by atoms with Gasteiger partial charge in [-0.05, 0) is 24.6 Å². The third kappa shape index (κ3) is 4.18. The Balaban J connectivity index is 2.24. The van der Waals surface area contributed by atoms with Crippen molar-refractivity contribution in [2.24, 2.45) is 0 Å². The quantitative estimate of drug-likeness (QED) is 0.924. The molecule has 1 aromatic rings. The minimum Gasteiger partial charge on any atom is -0.315 e.